The minimum absolute atomic E-state index is 0.0347. The first-order valence-corrected chi connectivity index (χ1v) is 6.84. The van der Waals surface area contributed by atoms with Gasteiger partial charge in [-0.1, -0.05) is 13.0 Å². The number of hydrogen-bond acceptors (Lipinski definition) is 5. The van der Waals surface area contributed by atoms with Gasteiger partial charge < -0.3 is 25.0 Å². The van der Waals surface area contributed by atoms with Gasteiger partial charge in [-0.25, -0.2) is 0 Å². The highest BCUT2D eigenvalue weighted by atomic mass is 16.5. The molecule has 0 amide bonds. The van der Waals surface area contributed by atoms with Crippen molar-refractivity contribution in [3.63, 3.8) is 0 Å². The molecule has 2 unspecified atom stereocenters. The van der Waals surface area contributed by atoms with E-state index in [1.807, 2.05) is 32.0 Å². The van der Waals surface area contributed by atoms with Crippen molar-refractivity contribution in [2.75, 3.05) is 26.9 Å². The van der Waals surface area contributed by atoms with E-state index in [-0.39, 0.29) is 18.8 Å². The van der Waals surface area contributed by atoms with Crippen molar-refractivity contribution in [3.8, 4) is 11.5 Å². The van der Waals surface area contributed by atoms with Crippen LogP contribution in [0.1, 0.15) is 20.3 Å². The molecule has 0 aliphatic rings. The van der Waals surface area contributed by atoms with Crippen LogP contribution < -0.4 is 14.8 Å². The number of β-amino-alcohol motifs (C(OH)–C–C–N with tert-alkyl or cyclic N) is 1. The SMILES string of the molecule is CCC(C)(CO)NCC(O)COc1cccc(OC)c1. The van der Waals surface area contributed by atoms with Gasteiger partial charge >= 0.3 is 0 Å². The molecule has 5 heteroatoms. The van der Waals surface area contributed by atoms with E-state index in [1.54, 1.807) is 13.2 Å². The Labute approximate surface area is 120 Å². The number of ether oxygens (including phenoxy) is 2. The van der Waals surface area contributed by atoms with Gasteiger partial charge in [0.2, 0.25) is 0 Å². The van der Waals surface area contributed by atoms with Crippen LogP contribution in [-0.2, 0) is 0 Å². The van der Waals surface area contributed by atoms with Crippen molar-refractivity contribution in [1.82, 2.24) is 5.32 Å². The lowest BCUT2D eigenvalue weighted by Crippen LogP contribution is -2.49. The molecular formula is C15H25NO4. The van der Waals surface area contributed by atoms with E-state index in [0.717, 1.165) is 6.42 Å². The average molecular weight is 283 g/mol. The van der Waals surface area contributed by atoms with Crippen LogP contribution in [0.2, 0.25) is 0 Å². The van der Waals surface area contributed by atoms with Crippen LogP contribution in [0.25, 0.3) is 0 Å². The highest BCUT2D eigenvalue weighted by Crippen LogP contribution is 2.18. The first-order chi connectivity index (χ1) is 9.53. The quantitative estimate of drug-likeness (QED) is 0.635. The van der Waals surface area contributed by atoms with Gasteiger partial charge in [0, 0.05) is 18.2 Å². The van der Waals surface area contributed by atoms with Crippen LogP contribution in [0.3, 0.4) is 0 Å². The second-order valence-electron chi connectivity index (χ2n) is 5.10. The predicted octanol–water partition coefficient (Wildman–Crippen LogP) is 1.19. The molecule has 0 bridgehead atoms. The lowest BCUT2D eigenvalue weighted by atomic mass is 10.0. The fourth-order valence-electron chi connectivity index (χ4n) is 1.60. The second kappa shape index (κ2) is 8.09. The molecule has 20 heavy (non-hydrogen) atoms. The summed E-state index contributed by atoms with van der Waals surface area (Å²) in [6.07, 6.45) is 0.145. The molecular weight excluding hydrogens is 258 g/mol. The fraction of sp³-hybridized carbons (Fsp3) is 0.600. The van der Waals surface area contributed by atoms with Crippen LogP contribution in [0.5, 0.6) is 11.5 Å². The zero-order chi connectivity index (χ0) is 15.0. The number of nitrogens with one attached hydrogen (secondary N) is 1. The fourth-order valence-corrected chi connectivity index (χ4v) is 1.60. The Bertz CT molecular complexity index is 393. The van der Waals surface area contributed by atoms with Gasteiger partial charge in [0.25, 0.3) is 0 Å². The number of hydrogen-bond donors (Lipinski definition) is 3. The van der Waals surface area contributed by atoms with Gasteiger partial charge in [-0.15, -0.1) is 0 Å². The number of aliphatic hydroxyl groups is 2. The number of benzene rings is 1. The molecule has 2 atom stereocenters. The van der Waals surface area contributed by atoms with Crippen molar-refractivity contribution >= 4 is 0 Å². The third-order valence-corrected chi connectivity index (χ3v) is 3.38. The van der Waals surface area contributed by atoms with Crippen LogP contribution in [-0.4, -0.2) is 48.7 Å². The van der Waals surface area contributed by atoms with E-state index >= 15 is 0 Å². The number of rotatable bonds is 9. The second-order valence-corrected chi connectivity index (χ2v) is 5.10. The lowest BCUT2D eigenvalue weighted by Gasteiger charge is -2.28. The first kappa shape index (κ1) is 16.8. The highest BCUT2D eigenvalue weighted by molar-refractivity contribution is 5.32. The Kier molecular flexibility index (Phi) is 6.78. The van der Waals surface area contributed by atoms with Crippen LogP contribution in [0.4, 0.5) is 0 Å². The molecule has 1 aromatic carbocycles. The first-order valence-electron chi connectivity index (χ1n) is 6.84. The monoisotopic (exact) mass is 283 g/mol. The molecule has 3 N–H and O–H groups in total. The van der Waals surface area contributed by atoms with Gasteiger partial charge in [-0.3, -0.25) is 0 Å². The van der Waals surface area contributed by atoms with E-state index in [0.29, 0.717) is 18.0 Å². The van der Waals surface area contributed by atoms with Gasteiger partial charge in [-0.2, -0.15) is 0 Å². The summed E-state index contributed by atoms with van der Waals surface area (Å²) in [5, 5.41) is 22.3. The van der Waals surface area contributed by atoms with Crippen LogP contribution >= 0.6 is 0 Å². The highest BCUT2D eigenvalue weighted by Gasteiger charge is 2.21. The molecule has 0 aliphatic heterocycles. The maximum absolute atomic E-state index is 9.89. The van der Waals surface area contributed by atoms with Gasteiger partial charge in [-0.05, 0) is 25.5 Å². The van der Waals surface area contributed by atoms with E-state index < -0.39 is 6.10 Å². The Morgan fingerprint density at radius 1 is 1.35 bits per heavy atom. The Hall–Kier alpha value is -1.30. The number of aliphatic hydroxyl groups excluding tert-OH is 2. The normalized spacial score (nSPS) is 15.4. The van der Waals surface area contributed by atoms with E-state index in [9.17, 15) is 10.2 Å². The van der Waals surface area contributed by atoms with Crippen molar-refractivity contribution in [2.24, 2.45) is 0 Å². The molecule has 0 fully saturated rings. The minimum Gasteiger partial charge on any atom is -0.497 e. The van der Waals surface area contributed by atoms with Crippen molar-refractivity contribution < 1.29 is 19.7 Å². The average Bonchev–Trinajstić information content (AvgIpc) is 2.50. The van der Waals surface area contributed by atoms with E-state index in [1.165, 1.54) is 0 Å². The summed E-state index contributed by atoms with van der Waals surface area (Å²) in [4.78, 5) is 0. The third-order valence-electron chi connectivity index (χ3n) is 3.38. The van der Waals surface area contributed by atoms with Crippen LogP contribution in [0.15, 0.2) is 24.3 Å². The summed E-state index contributed by atoms with van der Waals surface area (Å²) in [7, 11) is 1.60. The maximum atomic E-state index is 9.89. The molecule has 1 aromatic rings. The molecule has 0 aliphatic carbocycles. The molecule has 0 radical (unpaired) electrons. The topological polar surface area (TPSA) is 71.0 Å². The summed E-state index contributed by atoms with van der Waals surface area (Å²) in [6.45, 7) is 4.50. The Morgan fingerprint density at radius 3 is 2.65 bits per heavy atom. The zero-order valence-electron chi connectivity index (χ0n) is 12.4. The summed E-state index contributed by atoms with van der Waals surface area (Å²) in [6, 6.07) is 7.24. The predicted molar refractivity (Wildman–Crippen MR) is 78.3 cm³/mol. The minimum atomic E-state index is -0.640. The molecule has 0 saturated heterocycles. The van der Waals surface area contributed by atoms with Crippen molar-refractivity contribution in [1.29, 1.82) is 0 Å². The lowest BCUT2D eigenvalue weighted by molar-refractivity contribution is 0.0865. The van der Waals surface area contributed by atoms with Crippen molar-refractivity contribution in [2.45, 2.75) is 31.9 Å². The van der Waals surface area contributed by atoms with E-state index in [4.69, 9.17) is 9.47 Å². The number of methoxy groups -OCH3 is 1. The molecule has 0 saturated carbocycles. The Morgan fingerprint density at radius 2 is 2.05 bits per heavy atom. The van der Waals surface area contributed by atoms with Crippen molar-refractivity contribution in [3.05, 3.63) is 24.3 Å². The summed E-state index contributed by atoms with van der Waals surface area (Å²) in [5.41, 5.74) is -0.364. The van der Waals surface area contributed by atoms with E-state index in [2.05, 4.69) is 5.32 Å². The van der Waals surface area contributed by atoms with Gasteiger partial charge in [0.1, 0.15) is 24.2 Å². The standard InChI is InChI=1S/C15H25NO4/c1-4-15(2,11-17)16-9-12(18)10-20-14-7-5-6-13(8-14)19-3/h5-8,12,16-18H,4,9-11H2,1-3H3. The van der Waals surface area contributed by atoms with Gasteiger partial charge in [0.05, 0.1) is 13.7 Å². The molecule has 0 spiro atoms. The molecule has 5 nitrogen and oxygen atoms in total. The summed E-state index contributed by atoms with van der Waals surface area (Å²) < 4.78 is 10.6. The molecule has 114 valence electrons. The Balaban J connectivity index is 2.37. The third kappa shape index (κ3) is 5.36. The zero-order valence-corrected chi connectivity index (χ0v) is 12.4. The summed E-state index contributed by atoms with van der Waals surface area (Å²) in [5.74, 6) is 1.37. The molecule has 0 aromatic heterocycles. The molecule has 0 heterocycles. The summed E-state index contributed by atoms with van der Waals surface area (Å²) >= 11 is 0. The van der Waals surface area contributed by atoms with Gasteiger partial charge in [0.15, 0.2) is 0 Å². The largest absolute Gasteiger partial charge is 0.497 e. The molecule has 1 rings (SSSR count). The smallest absolute Gasteiger partial charge is 0.123 e. The maximum Gasteiger partial charge on any atom is 0.123 e. The van der Waals surface area contributed by atoms with Crippen LogP contribution in [0, 0.1) is 0 Å².